The van der Waals surface area contributed by atoms with Crippen molar-refractivity contribution in [1.29, 1.82) is 0 Å². The van der Waals surface area contributed by atoms with E-state index in [1.54, 1.807) is 0 Å². The summed E-state index contributed by atoms with van der Waals surface area (Å²) in [5, 5.41) is 2.95. The zero-order valence-corrected chi connectivity index (χ0v) is 12.9. The van der Waals surface area contributed by atoms with E-state index in [4.69, 9.17) is 0 Å². The summed E-state index contributed by atoms with van der Waals surface area (Å²) < 4.78 is 1.98. The topological polar surface area (TPSA) is 46.9 Å². The summed E-state index contributed by atoms with van der Waals surface area (Å²) in [6, 6.07) is 4.20. The first-order valence-electron chi connectivity index (χ1n) is 7.09. The number of nitrogens with zero attached hydrogens (tertiary/aromatic N) is 2. The number of fused-ring (bicyclic) bond motifs is 1. The number of carbonyl (C=O) groups is 1. The van der Waals surface area contributed by atoms with E-state index in [0.717, 1.165) is 16.9 Å². The van der Waals surface area contributed by atoms with Crippen LogP contribution in [0.4, 0.5) is 0 Å². The molecular weight excluding hydrogens is 250 g/mol. The van der Waals surface area contributed by atoms with Crippen molar-refractivity contribution in [3.8, 4) is 0 Å². The van der Waals surface area contributed by atoms with E-state index in [9.17, 15) is 4.79 Å². The Morgan fingerprint density at radius 2 is 1.90 bits per heavy atom. The Balaban J connectivity index is 2.27. The molecular formula is C16H23N3O. The molecule has 0 aliphatic heterocycles. The van der Waals surface area contributed by atoms with Gasteiger partial charge in [0.15, 0.2) is 0 Å². The number of imidazole rings is 1. The molecule has 1 heterocycles. The Bertz CT molecular complexity index is 641. The second kappa shape index (κ2) is 5.65. The highest BCUT2D eigenvalue weighted by Crippen LogP contribution is 2.20. The first kappa shape index (κ1) is 14.6. The number of aryl methyl sites for hydroxylation is 3. The number of carbonyl (C=O) groups excluding carboxylic acids is 1. The number of nitrogens with one attached hydrogen (secondary N) is 1. The van der Waals surface area contributed by atoms with Crippen molar-refractivity contribution in [2.75, 3.05) is 6.54 Å². The van der Waals surface area contributed by atoms with E-state index < -0.39 is 0 Å². The molecule has 1 amide bonds. The summed E-state index contributed by atoms with van der Waals surface area (Å²) in [5.41, 5.74) is 4.44. The Kier molecular flexibility index (Phi) is 4.12. The van der Waals surface area contributed by atoms with Gasteiger partial charge in [-0.2, -0.15) is 0 Å². The molecule has 0 saturated heterocycles. The van der Waals surface area contributed by atoms with Crippen molar-refractivity contribution in [3.63, 3.8) is 0 Å². The number of hydrogen-bond donors (Lipinski definition) is 1. The van der Waals surface area contributed by atoms with Gasteiger partial charge in [-0.25, -0.2) is 4.98 Å². The molecule has 0 fully saturated rings. The molecule has 4 heteroatoms. The zero-order valence-electron chi connectivity index (χ0n) is 12.9. The van der Waals surface area contributed by atoms with Gasteiger partial charge in [0.2, 0.25) is 5.91 Å². The van der Waals surface area contributed by atoms with E-state index in [1.807, 2.05) is 11.5 Å². The summed E-state index contributed by atoms with van der Waals surface area (Å²) in [7, 11) is 0. The maximum Gasteiger partial charge on any atom is 0.240 e. The normalized spacial score (nSPS) is 11.3. The summed E-state index contributed by atoms with van der Waals surface area (Å²) in [5.74, 6) is 1.38. The van der Waals surface area contributed by atoms with Crippen LogP contribution >= 0.6 is 0 Å². The molecule has 0 aliphatic carbocycles. The molecule has 108 valence electrons. The smallest absolute Gasteiger partial charge is 0.240 e. The monoisotopic (exact) mass is 273 g/mol. The van der Waals surface area contributed by atoms with Gasteiger partial charge >= 0.3 is 0 Å². The fourth-order valence-corrected chi connectivity index (χ4v) is 2.22. The van der Waals surface area contributed by atoms with Crippen LogP contribution in [0.1, 0.15) is 30.8 Å². The fourth-order valence-electron chi connectivity index (χ4n) is 2.22. The molecule has 0 bridgehead atoms. The van der Waals surface area contributed by atoms with Crippen LogP contribution in [0.15, 0.2) is 12.1 Å². The van der Waals surface area contributed by atoms with Gasteiger partial charge < -0.3 is 9.88 Å². The number of amides is 1. The van der Waals surface area contributed by atoms with Crippen LogP contribution in [0.25, 0.3) is 11.0 Å². The van der Waals surface area contributed by atoms with E-state index >= 15 is 0 Å². The van der Waals surface area contributed by atoms with Crippen LogP contribution in [-0.2, 0) is 11.3 Å². The molecule has 0 unspecified atom stereocenters. The first-order valence-corrected chi connectivity index (χ1v) is 7.09. The molecule has 0 aliphatic rings. The lowest BCUT2D eigenvalue weighted by atomic mass is 10.1. The molecule has 2 aromatic rings. The summed E-state index contributed by atoms with van der Waals surface area (Å²) in [6.07, 6.45) is 0. The summed E-state index contributed by atoms with van der Waals surface area (Å²) >= 11 is 0. The molecule has 0 saturated carbocycles. The number of rotatable bonds is 4. The Morgan fingerprint density at radius 1 is 1.25 bits per heavy atom. The predicted molar refractivity (Wildman–Crippen MR) is 81.8 cm³/mol. The molecule has 0 atom stereocenters. The zero-order chi connectivity index (χ0) is 14.9. The lowest BCUT2D eigenvalue weighted by molar-refractivity contribution is -0.121. The Labute approximate surface area is 120 Å². The van der Waals surface area contributed by atoms with E-state index in [1.165, 1.54) is 11.1 Å². The molecule has 1 aromatic heterocycles. The summed E-state index contributed by atoms with van der Waals surface area (Å²) in [4.78, 5) is 16.5. The lowest BCUT2D eigenvalue weighted by Gasteiger charge is -2.10. The standard InChI is InChI=1S/C16H23N3O/c1-10(2)8-17-16(20)9-19-13(5)18-14-6-11(3)12(4)7-15(14)19/h6-7,10H,8-9H2,1-5H3,(H,17,20). The Morgan fingerprint density at radius 3 is 2.55 bits per heavy atom. The van der Waals surface area contributed by atoms with Crippen molar-refractivity contribution < 1.29 is 4.79 Å². The predicted octanol–water partition coefficient (Wildman–Crippen LogP) is 2.73. The minimum Gasteiger partial charge on any atom is -0.354 e. The van der Waals surface area contributed by atoms with Crippen LogP contribution in [0.3, 0.4) is 0 Å². The number of hydrogen-bond acceptors (Lipinski definition) is 2. The van der Waals surface area contributed by atoms with Gasteiger partial charge in [-0.1, -0.05) is 13.8 Å². The van der Waals surface area contributed by atoms with Gasteiger partial charge in [0.25, 0.3) is 0 Å². The highest BCUT2D eigenvalue weighted by molar-refractivity contribution is 5.82. The first-order chi connectivity index (χ1) is 9.38. The van der Waals surface area contributed by atoms with Crippen molar-refractivity contribution >= 4 is 16.9 Å². The third kappa shape index (κ3) is 3.00. The molecule has 1 aromatic carbocycles. The minimum absolute atomic E-state index is 0.0410. The highest BCUT2D eigenvalue weighted by Gasteiger charge is 2.12. The number of benzene rings is 1. The Hall–Kier alpha value is -1.84. The van der Waals surface area contributed by atoms with Crippen LogP contribution in [0, 0.1) is 26.7 Å². The van der Waals surface area contributed by atoms with Crippen molar-refractivity contribution in [3.05, 3.63) is 29.1 Å². The van der Waals surface area contributed by atoms with Gasteiger partial charge in [0.1, 0.15) is 12.4 Å². The van der Waals surface area contributed by atoms with Crippen molar-refractivity contribution in [2.45, 2.75) is 41.2 Å². The second-order valence-electron chi connectivity index (χ2n) is 5.87. The molecule has 4 nitrogen and oxygen atoms in total. The van der Waals surface area contributed by atoms with Crippen molar-refractivity contribution in [1.82, 2.24) is 14.9 Å². The van der Waals surface area contributed by atoms with Gasteiger partial charge in [-0.3, -0.25) is 4.79 Å². The fraction of sp³-hybridized carbons (Fsp3) is 0.500. The molecule has 20 heavy (non-hydrogen) atoms. The maximum atomic E-state index is 12.0. The maximum absolute atomic E-state index is 12.0. The number of aromatic nitrogens is 2. The molecule has 0 radical (unpaired) electrons. The largest absolute Gasteiger partial charge is 0.354 e. The molecule has 2 rings (SSSR count). The van der Waals surface area contributed by atoms with Crippen molar-refractivity contribution in [2.24, 2.45) is 5.92 Å². The molecule has 1 N–H and O–H groups in total. The van der Waals surface area contributed by atoms with E-state index in [2.05, 4.69) is 50.1 Å². The quantitative estimate of drug-likeness (QED) is 0.931. The minimum atomic E-state index is 0.0410. The third-order valence-electron chi connectivity index (χ3n) is 3.56. The summed E-state index contributed by atoms with van der Waals surface area (Å²) in [6.45, 7) is 11.3. The highest BCUT2D eigenvalue weighted by atomic mass is 16.1. The SMILES string of the molecule is Cc1cc2nc(C)n(CC(=O)NCC(C)C)c2cc1C. The average molecular weight is 273 g/mol. The van der Waals surface area contributed by atoms with Crippen LogP contribution < -0.4 is 5.32 Å². The van der Waals surface area contributed by atoms with Crippen LogP contribution in [0.5, 0.6) is 0 Å². The second-order valence-corrected chi connectivity index (χ2v) is 5.87. The molecule has 0 spiro atoms. The lowest BCUT2D eigenvalue weighted by Crippen LogP contribution is -2.30. The average Bonchev–Trinajstić information content (AvgIpc) is 2.64. The third-order valence-corrected chi connectivity index (χ3v) is 3.56. The van der Waals surface area contributed by atoms with Gasteiger partial charge in [-0.15, -0.1) is 0 Å². The van der Waals surface area contributed by atoms with E-state index in [0.29, 0.717) is 19.0 Å². The van der Waals surface area contributed by atoms with E-state index in [-0.39, 0.29) is 5.91 Å². The van der Waals surface area contributed by atoms with Crippen LogP contribution in [-0.4, -0.2) is 22.0 Å². The van der Waals surface area contributed by atoms with Gasteiger partial charge in [0, 0.05) is 6.54 Å². The van der Waals surface area contributed by atoms with Crippen LogP contribution in [0.2, 0.25) is 0 Å². The van der Waals surface area contributed by atoms with Gasteiger partial charge in [-0.05, 0) is 49.9 Å². The van der Waals surface area contributed by atoms with Gasteiger partial charge in [0.05, 0.1) is 11.0 Å².